The summed E-state index contributed by atoms with van der Waals surface area (Å²) >= 11 is 0. The minimum absolute atomic E-state index is 0.0322. The van der Waals surface area contributed by atoms with Gasteiger partial charge in [0.1, 0.15) is 0 Å². The van der Waals surface area contributed by atoms with Gasteiger partial charge in [0.25, 0.3) is 0 Å². The highest BCUT2D eigenvalue weighted by molar-refractivity contribution is 5.80. The number of carboxylic acid groups (broad SMARTS) is 2. The first kappa shape index (κ1) is 13.5. The first-order chi connectivity index (χ1) is 9.03. The zero-order valence-corrected chi connectivity index (χ0v) is 10.4. The molecule has 19 heavy (non-hydrogen) atoms. The Morgan fingerprint density at radius 1 is 1.21 bits per heavy atom. The van der Waals surface area contributed by atoms with Crippen LogP contribution >= 0.6 is 0 Å². The van der Waals surface area contributed by atoms with E-state index in [1.54, 1.807) is 0 Å². The molecule has 0 radical (unpaired) electrons. The Labute approximate surface area is 110 Å². The number of benzene rings is 1. The van der Waals surface area contributed by atoms with E-state index < -0.39 is 23.5 Å². The van der Waals surface area contributed by atoms with Crippen molar-refractivity contribution in [1.82, 2.24) is 0 Å². The van der Waals surface area contributed by atoms with Gasteiger partial charge >= 0.3 is 11.9 Å². The van der Waals surface area contributed by atoms with E-state index in [1.165, 1.54) is 0 Å². The molecule has 1 aromatic carbocycles. The Morgan fingerprint density at radius 2 is 1.84 bits per heavy atom. The van der Waals surface area contributed by atoms with E-state index in [9.17, 15) is 9.59 Å². The van der Waals surface area contributed by atoms with Gasteiger partial charge in [0.05, 0.1) is 12.0 Å². The van der Waals surface area contributed by atoms with E-state index >= 15 is 0 Å². The summed E-state index contributed by atoms with van der Waals surface area (Å²) in [6.45, 7) is 0.174. The molecule has 102 valence electrons. The predicted octanol–water partition coefficient (Wildman–Crippen LogP) is 1.91. The molecule has 0 heterocycles. The second-order valence-electron chi connectivity index (χ2n) is 4.91. The highest BCUT2D eigenvalue weighted by Crippen LogP contribution is 2.50. The van der Waals surface area contributed by atoms with Crippen LogP contribution in [0.3, 0.4) is 0 Å². The zero-order valence-electron chi connectivity index (χ0n) is 10.4. The molecule has 1 saturated carbocycles. The van der Waals surface area contributed by atoms with Crippen molar-refractivity contribution in [3.63, 3.8) is 0 Å². The number of hydrogen-bond donors (Lipinski definition) is 2. The van der Waals surface area contributed by atoms with Gasteiger partial charge in [-0.2, -0.15) is 0 Å². The fourth-order valence-corrected chi connectivity index (χ4v) is 2.00. The lowest BCUT2D eigenvalue weighted by Gasteiger charge is -2.17. The molecule has 1 fully saturated rings. The Balaban J connectivity index is 1.94. The molecule has 1 atom stereocenters. The summed E-state index contributed by atoms with van der Waals surface area (Å²) < 4.78 is 5.35. The molecule has 0 unspecified atom stereocenters. The summed E-state index contributed by atoms with van der Waals surface area (Å²) in [5, 5.41) is 18.2. The molecule has 1 aromatic rings. The van der Waals surface area contributed by atoms with E-state index in [0.717, 1.165) is 5.56 Å². The molecule has 0 spiro atoms. The van der Waals surface area contributed by atoms with Crippen molar-refractivity contribution in [1.29, 1.82) is 0 Å². The van der Waals surface area contributed by atoms with Crippen molar-refractivity contribution < 1.29 is 24.5 Å². The van der Waals surface area contributed by atoms with Crippen LogP contribution in [0.5, 0.6) is 0 Å². The maximum absolute atomic E-state index is 11.1. The van der Waals surface area contributed by atoms with Crippen molar-refractivity contribution >= 4 is 11.9 Å². The lowest BCUT2D eigenvalue weighted by atomic mass is 9.98. The molecule has 1 aliphatic rings. The summed E-state index contributed by atoms with van der Waals surface area (Å²) in [7, 11) is 0. The molecule has 2 N–H and O–H groups in total. The van der Waals surface area contributed by atoms with Crippen LogP contribution in [0.15, 0.2) is 30.3 Å². The fraction of sp³-hybridized carbons (Fsp3) is 0.429. The number of carbonyl (C=O) groups is 2. The second kappa shape index (κ2) is 5.40. The SMILES string of the molecule is O=C(O)[C@@H](CC1(C(=O)O)CC1)OCc1ccccc1. The van der Waals surface area contributed by atoms with Crippen molar-refractivity contribution in [3.05, 3.63) is 35.9 Å². The third-order valence-electron chi connectivity index (χ3n) is 3.45. The van der Waals surface area contributed by atoms with Crippen molar-refractivity contribution in [3.8, 4) is 0 Å². The van der Waals surface area contributed by atoms with E-state index in [-0.39, 0.29) is 13.0 Å². The molecule has 0 saturated heterocycles. The van der Waals surface area contributed by atoms with Crippen molar-refractivity contribution in [2.75, 3.05) is 0 Å². The van der Waals surface area contributed by atoms with Crippen molar-refractivity contribution in [2.45, 2.75) is 32.0 Å². The Hall–Kier alpha value is -1.88. The molecule has 0 bridgehead atoms. The molecule has 5 heteroatoms. The zero-order chi connectivity index (χ0) is 13.9. The molecule has 0 aromatic heterocycles. The molecular weight excluding hydrogens is 248 g/mol. The Morgan fingerprint density at radius 3 is 2.32 bits per heavy atom. The quantitative estimate of drug-likeness (QED) is 0.786. The van der Waals surface area contributed by atoms with Gasteiger partial charge in [0.15, 0.2) is 6.10 Å². The summed E-state index contributed by atoms with van der Waals surface area (Å²) in [5.74, 6) is -2.04. The molecule has 0 amide bonds. The lowest BCUT2D eigenvalue weighted by molar-refractivity contribution is -0.155. The highest BCUT2D eigenvalue weighted by atomic mass is 16.5. The van der Waals surface area contributed by atoms with Gasteiger partial charge in [-0.05, 0) is 18.4 Å². The lowest BCUT2D eigenvalue weighted by Crippen LogP contribution is -2.30. The molecule has 2 rings (SSSR count). The predicted molar refractivity (Wildman–Crippen MR) is 66.6 cm³/mol. The maximum atomic E-state index is 11.1. The van der Waals surface area contributed by atoms with Crippen LogP contribution in [-0.2, 0) is 20.9 Å². The second-order valence-corrected chi connectivity index (χ2v) is 4.91. The van der Waals surface area contributed by atoms with Crippen LogP contribution in [-0.4, -0.2) is 28.3 Å². The smallest absolute Gasteiger partial charge is 0.332 e. The third kappa shape index (κ3) is 3.32. The average Bonchev–Trinajstić information content (AvgIpc) is 3.16. The van der Waals surface area contributed by atoms with Gasteiger partial charge in [0, 0.05) is 6.42 Å². The number of aliphatic carboxylic acids is 2. The summed E-state index contributed by atoms with van der Waals surface area (Å²) in [6, 6.07) is 9.22. The monoisotopic (exact) mass is 264 g/mol. The first-order valence-electron chi connectivity index (χ1n) is 6.15. The molecule has 0 aliphatic heterocycles. The van der Waals surface area contributed by atoms with Crippen LogP contribution in [0.2, 0.25) is 0 Å². The third-order valence-corrected chi connectivity index (χ3v) is 3.45. The Kier molecular flexibility index (Phi) is 3.85. The minimum atomic E-state index is -1.11. The molecule has 5 nitrogen and oxygen atoms in total. The van der Waals surface area contributed by atoms with Gasteiger partial charge in [-0.25, -0.2) is 4.79 Å². The van der Waals surface area contributed by atoms with Gasteiger partial charge in [-0.1, -0.05) is 30.3 Å². The van der Waals surface area contributed by atoms with Crippen molar-refractivity contribution in [2.24, 2.45) is 5.41 Å². The minimum Gasteiger partial charge on any atom is -0.481 e. The number of ether oxygens (including phenoxy) is 1. The summed E-state index contributed by atoms with van der Waals surface area (Å²) in [6.07, 6.45) is 0.0189. The van der Waals surface area contributed by atoms with Gasteiger partial charge in [0.2, 0.25) is 0 Å². The van der Waals surface area contributed by atoms with E-state index in [0.29, 0.717) is 12.8 Å². The Bertz CT molecular complexity index is 464. The normalized spacial score (nSPS) is 17.7. The van der Waals surface area contributed by atoms with Gasteiger partial charge in [-0.3, -0.25) is 4.79 Å². The first-order valence-corrected chi connectivity index (χ1v) is 6.15. The van der Waals surface area contributed by atoms with Crippen LogP contribution in [0.1, 0.15) is 24.8 Å². The topological polar surface area (TPSA) is 83.8 Å². The number of hydrogen-bond acceptors (Lipinski definition) is 3. The summed E-state index contributed by atoms with van der Waals surface area (Å²) in [4.78, 5) is 22.2. The standard InChI is InChI=1S/C14H16O5/c15-12(16)11(8-14(6-7-14)13(17)18)19-9-10-4-2-1-3-5-10/h1-5,11H,6-9H2,(H,15,16)(H,17,18)/t11-/m1/s1. The van der Waals surface area contributed by atoms with Crippen LogP contribution in [0.25, 0.3) is 0 Å². The van der Waals surface area contributed by atoms with E-state index in [2.05, 4.69) is 0 Å². The van der Waals surface area contributed by atoms with Crippen LogP contribution in [0.4, 0.5) is 0 Å². The maximum Gasteiger partial charge on any atom is 0.332 e. The van der Waals surface area contributed by atoms with Crippen LogP contribution in [0, 0.1) is 5.41 Å². The van der Waals surface area contributed by atoms with Gasteiger partial charge in [-0.15, -0.1) is 0 Å². The number of carboxylic acids is 2. The molecular formula is C14H16O5. The highest BCUT2D eigenvalue weighted by Gasteiger charge is 2.52. The van der Waals surface area contributed by atoms with E-state index in [4.69, 9.17) is 14.9 Å². The number of rotatable bonds is 7. The van der Waals surface area contributed by atoms with Gasteiger partial charge < -0.3 is 14.9 Å². The average molecular weight is 264 g/mol. The largest absolute Gasteiger partial charge is 0.481 e. The fourth-order valence-electron chi connectivity index (χ4n) is 2.00. The van der Waals surface area contributed by atoms with E-state index in [1.807, 2.05) is 30.3 Å². The molecule has 1 aliphatic carbocycles. The van der Waals surface area contributed by atoms with Crippen LogP contribution < -0.4 is 0 Å². The summed E-state index contributed by atoms with van der Waals surface area (Å²) in [5.41, 5.74) is -0.0198.